The average Bonchev–Trinajstić information content (AvgIpc) is 1.97. The highest BCUT2D eigenvalue weighted by Crippen LogP contribution is 2.01. The lowest BCUT2D eigenvalue weighted by Crippen LogP contribution is -2.08. The van der Waals surface area contributed by atoms with Crippen molar-refractivity contribution in [3.63, 3.8) is 0 Å². The maximum absolute atomic E-state index is 10.8. The quantitative estimate of drug-likeness (QED) is 0.380. The zero-order valence-electron chi connectivity index (χ0n) is 7.25. The first-order valence-electron chi connectivity index (χ1n) is 3.50. The van der Waals surface area contributed by atoms with Crippen LogP contribution in [-0.4, -0.2) is 23.4 Å². The highest BCUT2D eigenvalue weighted by molar-refractivity contribution is 8.13. The summed E-state index contributed by atoms with van der Waals surface area (Å²) in [6.07, 6.45) is 0. The molecule has 0 aromatic carbocycles. The molecule has 0 radical (unpaired) electrons. The van der Waals surface area contributed by atoms with Crippen molar-refractivity contribution < 1.29 is 14.3 Å². The predicted molar refractivity (Wildman–Crippen MR) is 48.9 cm³/mol. The predicted octanol–water partition coefficient (Wildman–Crippen LogP) is 1.39. The Hall–Kier alpha value is -0.770. The molecule has 0 aliphatic rings. The van der Waals surface area contributed by atoms with Gasteiger partial charge in [-0.1, -0.05) is 18.3 Å². The van der Waals surface area contributed by atoms with Gasteiger partial charge in [0.15, 0.2) is 5.12 Å². The van der Waals surface area contributed by atoms with E-state index in [2.05, 4.69) is 6.58 Å². The number of rotatable bonds is 4. The van der Waals surface area contributed by atoms with E-state index < -0.39 is 5.97 Å². The van der Waals surface area contributed by atoms with Gasteiger partial charge in [-0.05, 0) is 6.92 Å². The Morgan fingerprint density at radius 1 is 1.42 bits per heavy atom. The molecule has 0 unspecified atom stereocenters. The number of carbonyl (C=O) groups is 2. The highest BCUT2D eigenvalue weighted by Gasteiger charge is 2.02. The summed E-state index contributed by atoms with van der Waals surface area (Å²) in [7, 11) is 0. The smallest absolute Gasteiger partial charge is 0.333 e. The maximum atomic E-state index is 10.8. The lowest BCUT2D eigenvalue weighted by atomic mass is 10.4. The molecule has 68 valence electrons. The molecule has 0 aromatic rings. The largest absolute Gasteiger partial charge is 0.461 e. The molecule has 0 amide bonds. The van der Waals surface area contributed by atoms with Crippen LogP contribution in [0.4, 0.5) is 0 Å². The summed E-state index contributed by atoms with van der Waals surface area (Å²) in [6, 6.07) is 0. The van der Waals surface area contributed by atoms with Gasteiger partial charge in [-0.2, -0.15) is 0 Å². The van der Waals surface area contributed by atoms with E-state index >= 15 is 0 Å². The topological polar surface area (TPSA) is 43.4 Å². The fraction of sp³-hybridized carbons (Fsp3) is 0.500. The normalized spacial score (nSPS) is 9.17. The van der Waals surface area contributed by atoms with Crippen LogP contribution < -0.4 is 0 Å². The van der Waals surface area contributed by atoms with Crippen molar-refractivity contribution in [2.24, 2.45) is 0 Å². The van der Waals surface area contributed by atoms with Gasteiger partial charge in [0.2, 0.25) is 0 Å². The van der Waals surface area contributed by atoms with Crippen LogP contribution in [0.2, 0.25) is 0 Å². The van der Waals surface area contributed by atoms with Crippen LogP contribution in [0.25, 0.3) is 0 Å². The fourth-order valence-corrected chi connectivity index (χ4v) is 0.897. The van der Waals surface area contributed by atoms with Gasteiger partial charge < -0.3 is 4.74 Å². The molecule has 0 fully saturated rings. The second-order valence-corrected chi connectivity index (χ2v) is 3.53. The van der Waals surface area contributed by atoms with Gasteiger partial charge in [0, 0.05) is 18.2 Å². The number of esters is 1. The molecule has 0 spiro atoms. The van der Waals surface area contributed by atoms with E-state index in [0.29, 0.717) is 11.3 Å². The van der Waals surface area contributed by atoms with Crippen molar-refractivity contribution in [1.29, 1.82) is 0 Å². The number of ether oxygens (including phenoxy) is 1. The molecule has 0 bridgehead atoms. The molecule has 0 N–H and O–H groups in total. The van der Waals surface area contributed by atoms with Crippen LogP contribution in [0.15, 0.2) is 12.2 Å². The summed E-state index contributed by atoms with van der Waals surface area (Å²) >= 11 is 1.14. The molecular weight excluding hydrogens is 176 g/mol. The molecule has 0 aromatic heterocycles. The van der Waals surface area contributed by atoms with Crippen molar-refractivity contribution in [2.45, 2.75) is 13.8 Å². The molecule has 0 aliphatic heterocycles. The van der Waals surface area contributed by atoms with Crippen molar-refractivity contribution in [3.8, 4) is 0 Å². The van der Waals surface area contributed by atoms with E-state index in [1.54, 1.807) is 6.92 Å². The molecule has 12 heavy (non-hydrogen) atoms. The van der Waals surface area contributed by atoms with Crippen LogP contribution >= 0.6 is 11.8 Å². The second-order valence-electron chi connectivity index (χ2n) is 2.26. The van der Waals surface area contributed by atoms with E-state index in [4.69, 9.17) is 4.74 Å². The fourth-order valence-electron chi connectivity index (χ4n) is 0.443. The van der Waals surface area contributed by atoms with Crippen molar-refractivity contribution in [1.82, 2.24) is 0 Å². The first-order valence-corrected chi connectivity index (χ1v) is 4.48. The van der Waals surface area contributed by atoms with Crippen molar-refractivity contribution >= 4 is 22.8 Å². The molecular formula is C8H12O3S. The Kier molecular flexibility index (Phi) is 5.45. The third kappa shape index (κ3) is 5.97. The zero-order chi connectivity index (χ0) is 9.56. The highest BCUT2D eigenvalue weighted by atomic mass is 32.2. The molecule has 0 saturated heterocycles. The van der Waals surface area contributed by atoms with Gasteiger partial charge in [0.05, 0.1) is 0 Å². The van der Waals surface area contributed by atoms with Gasteiger partial charge in [0.25, 0.3) is 0 Å². The summed E-state index contributed by atoms with van der Waals surface area (Å²) in [5.41, 5.74) is 0.378. The van der Waals surface area contributed by atoms with E-state index in [-0.39, 0.29) is 11.7 Å². The van der Waals surface area contributed by atoms with E-state index in [0.717, 1.165) is 11.8 Å². The Morgan fingerprint density at radius 2 is 2.00 bits per heavy atom. The number of hydrogen-bond acceptors (Lipinski definition) is 4. The van der Waals surface area contributed by atoms with Gasteiger partial charge in [-0.25, -0.2) is 4.79 Å². The summed E-state index contributed by atoms with van der Waals surface area (Å²) in [6.45, 7) is 6.74. The van der Waals surface area contributed by atoms with Gasteiger partial charge in [0.1, 0.15) is 6.61 Å². The summed E-state index contributed by atoms with van der Waals surface area (Å²) in [4.78, 5) is 21.2. The molecule has 0 heterocycles. The lowest BCUT2D eigenvalue weighted by molar-refractivity contribution is -0.138. The molecule has 0 rings (SSSR count). The standard InChI is InChI=1S/C8H12O3S/c1-6(2)8(10)11-4-5-12-7(3)9/h1,4-5H2,2-3H3. The zero-order valence-corrected chi connectivity index (χ0v) is 8.07. The second kappa shape index (κ2) is 5.83. The number of carbonyl (C=O) groups excluding carboxylic acids is 2. The van der Waals surface area contributed by atoms with Crippen LogP contribution in [-0.2, 0) is 14.3 Å². The molecule has 0 aliphatic carbocycles. The minimum Gasteiger partial charge on any atom is -0.461 e. The Labute approximate surface area is 76.2 Å². The SMILES string of the molecule is C=C(C)C(=O)OCCSC(C)=O. The summed E-state index contributed by atoms with van der Waals surface area (Å²) < 4.78 is 4.74. The van der Waals surface area contributed by atoms with Crippen LogP contribution in [0.3, 0.4) is 0 Å². The molecule has 4 heteroatoms. The third-order valence-corrected chi connectivity index (χ3v) is 1.75. The Bertz CT molecular complexity index is 198. The Balaban J connectivity index is 3.38. The van der Waals surface area contributed by atoms with Crippen LogP contribution in [0, 0.1) is 0 Å². The van der Waals surface area contributed by atoms with Crippen LogP contribution in [0.1, 0.15) is 13.8 Å². The minimum atomic E-state index is -0.404. The number of thioether (sulfide) groups is 1. The summed E-state index contributed by atoms with van der Waals surface area (Å²) in [5, 5.41) is 0.0290. The first kappa shape index (κ1) is 11.2. The van der Waals surface area contributed by atoms with Gasteiger partial charge >= 0.3 is 5.97 Å². The first-order chi connectivity index (χ1) is 5.54. The van der Waals surface area contributed by atoms with Crippen molar-refractivity contribution in [3.05, 3.63) is 12.2 Å². The van der Waals surface area contributed by atoms with Crippen LogP contribution in [0.5, 0.6) is 0 Å². The lowest BCUT2D eigenvalue weighted by Gasteiger charge is -2.01. The molecule has 3 nitrogen and oxygen atoms in total. The Morgan fingerprint density at radius 3 is 2.42 bits per heavy atom. The minimum absolute atomic E-state index is 0.0290. The van der Waals surface area contributed by atoms with Gasteiger partial charge in [-0.15, -0.1) is 0 Å². The van der Waals surface area contributed by atoms with E-state index in [9.17, 15) is 9.59 Å². The van der Waals surface area contributed by atoms with E-state index in [1.165, 1.54) is 6.92 Å². The molecule has 0 atom stereocenters. The van der Waals surface area contributed by atoms with Gasteiger partial charge in [-0.3, -0.25) is 4.79 Å². The maximum Gasteiger partial charge on any atom is 0.333 e. The monoisotopic (exact) mass is 188 g/mol. The van der Waals surface area contributed by atoms with Crippen molar-refractivity contribution in [2.75, 3.05) is 12.4 Å². The number of hydrogen-bond donors (Lipinski definition) is 0. The summed E-state index contributed by atoms with van der Waals surface area (Å²) in [5.74, 6) is 0.105. The van der Waals surface area contributed by atoms with E-state index in [1.807, 2.05) is 0 Å². The molecule has 0 saturated carbocycles. The third-order valence-electron chi connectivity index (χ3n) is 0.970. The average molecular weight is 188 g/mol.